The van der Waals surface area contributed by atoms with E-state index in [1.165, 1.54) is 11.3 Å². The molecule has 2 aromatic rings. The molecule has 1 unspecified atom stereocenters. The summed E-state index contributed by atoms with van der Waals surface area (Å²) in [5.41, 5.74) is 4.08. The van der Waals surface area contributed by atoms with Crippen molar-refractivity contribution in [1.82, 2.24) is 10.3 Å². The SMILES string of the molecule is O=C(CCc1cscn1)NC(C(=O)O)c1ccc2c(c1)CCO2. The second kappa shape index (κ2) is 6.78. The number of ether oxygens (including phenoxy) is 1. The summed E-state index contributed by atoms with van der Waals surface area (Å²) in [5.74, 6) is -0.597. The fourth-order valence-electron chi connectivity index (χ4n) is 2.51. The molecule has 0 radical (unpaired) electrons. The lowest BCUT2D eigenvalue weighted by atomic mass is 10.0. The van der Waals surface area contributed by atoms with Gasteiger partial charge in [-0.05, 0) is 29.7 Å². The van der Waals surface area contributed by atoms with Crippen LogP contribution in [0.2, 0.25) is 0 Å². The minimum absolute atomic E-state index is 0.210. The number of amides is 1. The summed E-state index contributed by atoms with van der Waals surface area (Å²) in [4.78, 5) is 27.7. The second-order valence-corrected chi connectivity index (χ2v) is 6.00. The molecule has 2 heterocycles. The van der Waals surface area contributed by atoms with Crippen molar-refractivity contribution in [2.45, 2.75) is 25.3 Å². The molecular formula is C16H16N2O4S. The minimum atomic E-state index is -1.08. The Morgan fingerprint density at radius 1 is 1.43 bits per heavy atom. The summed E-state index contributed by atoms with van der Waals surface area (Å²) >= 11 is 1.47. The number of carbonyl (C=O) groups is 2. The van der Waals surface area contributed by atoms with Crippen molar-refractivity contribution in [3.8, 4) is 5.75 Å². The molecule has 1 aliphatic rings. The highest BCUT2D eigenvalue weighted by molar-refractivity contribution is 7.07. The zero-order valence-corrected chi connectivity index (χ0v) is 13.1. The Kier molecular flexibility index (Phi) is 4.57. The van der Waals surface area contributed by atoms with Crippen LogP contribution in [0.3, 0.4) is 0 Å². The Bertz CT molecular complexity index is 715. The molecule has 7 heteroatoms. The fourth-order valence-corrected chi connectivity index (χ4v) is 3.10. The molecule has 0 saturated heterocycles. The highest BCUT2D eigenvalue weighted by atomic mass is 32.1. The number of thiazole rings is 1. The largest absolute Gasteiger partial charge is 0.493 e. The van der Waals surface area contributed by atoms with E-state index in [4.69, 9.17) is 4.74 Å². The normalized spacial score (nSPS) is 13.9. The number of aryl methyl sites for hydroxylation is 1. The van der Waals surface area contributed by atoms with Gasteiger partial charge in [-0.25, -0.2) is 9.78 Å². The standard InChI is InChI=1S/C16H16N2O4S/c19-14(4-2-12-8-23-9-17-12)18-15(16(20)21)11-1-3-13-10(7-11)5-6-22-13/h1,3,7-9,15H,2,4-6H2,(H,18,19)(H,20,21). The van der Waals surface area contributed by atoms with E-state index in [0.29, 0.717) is 18.6 Å². The van der Waals surface area contributed by atoms with Gasteiger partial charge in [0.05, 0.1) is 17.8 Å². The van der Waals surface area contributed by atoms with E-state index in [1.54, 1.807) is 23.7 Å². The number of benzene rings is 1. The number of carbonyl (C=O) groups excluding carboxylic acids is 1. The number of hydrogen-bond acceptors (Lipinski definition) is 5. The van der Waals surface area contributed by atoms with Gasteiger partial charge >= 0.3 is 5.97 Å². The van der Waals surface area contributed by atoms with Gasteiger partial charge in [-0.2, -0.15) is 0 Å². The first-order valence-corrected chi connectivity index (χ1v) is 8.22. The van der Waals surface area contributed by atoms with Crippen LogP contribution in [0, 0.1) is 0 Å². The van der Waals surface area contributed by atoms with Crippen molar-refractivity contribution >= 4 is 23.2 Å². The molecule has 0 fully saturated rings. The number of nitrogens with zero attached hydrogens (tertiary/aromatic N) is 1. The van der Waals surface area contributed by atoms with E-state index in [0.717, 1.165) is 23.4 Å². The van der Waals surface area contributed by atoms with E-state index in [-0.39, 0.29) is 12.3 Å². The van der Waals surface area contributed by atoms with Crippen molar-refractivity contribution in [3.63, 3.8) is 0 Å². The van der Waals surface area contributed by atoms with Crippen LogP contribution < -0.4 is 10.1 Å². The van der Waals surface area contributed by atoms with Gasteiger partial charge in [0.25, 0.3) is 0 Å². The third-order valence-electron chi connectivity index (χ3n) is 3.69. The van der Waals surface area contributed by atoms with Crippen LogP contribution in [-0.4, -0.2) is 28.6 Å². The molecule has 23 heavy (non-hydrogen) atoms. The first-order valence-electron chi connectivity index (χ1n) is 7.28. The van der Waals surface area contributed by atoms with Gasteiger partial charge in [0.15, 0.2) is 6.04 Å². The molecule has 1 aromatic carbocycles. The first kappa shape index (κ1) is 15.5. The first-order chi connectivity index (χ1) is 11.1. The molecule has 0 aliphatic carbocycles. The zero-order chi connectivity index (χ0) is 16.2. The van der Waals surface area contributed by atoms with Crippen molar-refractivity contribution in [3.05, 3.63) is 45.9 Å². The molecule has 1 aliphatic heterocycles. The van der Waals surface area contributed by atoms with Gasteiger partial charge in [0, 0.05) is 18.2 Å². The molecule has 0 saturated carbocycles. The van der Waals surface area contributed by atoms with E-state index >= 15 is 0 Å². The van der Waals surface area contributed by atoms with Gasteiger partial charge in [0.1, 0.15) is 5.75 Å². The molecule has 0 bridgehead atoms. The van der Waals surface area contributed by atoms with Gasteiger partial charge in [-0.3, -0.25) is 4.79 Å². The van der Waals surface area contributed by atoms with E-state index < -0.39 is 12.0 Å². The van der Waals surface area contributed by atoms with Gasteiger partial charge in [-0.1, -0.05) is 6.07 Å². The predicted molar refractivity (Wildman–Crippen MR) is 84.6 cm³/mol. The number of fused-ring (bicyclic) bond motifs is 1. The summed E-state index contributed by atoms with van der Waals surface area (Å²) in [7, 11) is 0. The van der Waals surface area contributed by atoms with Crippen LogP contribution in [0.1, 0.15) is 29.3 Å². The van der Waals surface area contributed by atoms with Gasteiger partial charge < -0.3 is 15.2 Å². The number of carboxylic acids is 1. The Morgan fingerprint density at radius 2 is 2.30 bits per heavy atom. The number of hydrogen-bond donors (Lipinski definition) is 2. The molecule has 0 spiro atoms. The summed E-state index contributed by atoms with van der Waals surface area (Å²) < 4.78 is 5.41. The summed E-state index contributed by atoms with van der Waals surface area (Å²) in [6.45, 7) is 0.608. The molecule has 3 rings (SSSR count). The topological polar surface area (TPSA) is 88.5 Å². The molecule has 1 atom stereocenters. The summed E-state index contributed by atoms with van der Waals surface area (Å²) in [5, 5.41) is 13.9. The summed E-state index contributed by atoms with van der Waals surface area (Å²) in [6.07, 6.45) is 1.47. The van der Waals surface area contributed by atoms with E-state index in [1.807, 2.05) is 5.38 Å². The Morgan fingerprint density at radius 3 is 3.04 bits per heavy atom. The number of nitrogens with one attached hydrogen (secondary N) is 1. The van der Waals surface area contributed by atoms with Crippen LogP contribution >= 0.6 is 11.3 Å². The molecule has 1 amide bonds. The average Bonchev–Trinajstić information content (AvgIpc) is 3.20. The highest BCUT2D eigenvalue weighted by Gasteiger charge is 2.24. The van der Waals surface area contributed by atoms with Gasteiger partial charge in [0.2, 0.25) is 5.91 Å². The maximum atomic E-state index is 12.0. The number of rotatable bonds is 6. The van der Waals surface area contributed by atoms with E-state index in [9.17, 15) is 14.7 Å². The maximum absolute atomic E-state index is 12.0. The fraction of sp³-hybridized carbons (Fsp3) is 0.312. The third kappa shape index (κ3) is 3.68. The third-order valence-corrected chi connectivity index (χ3v) is 4.33. The number of aliphatic carboxylic acids is 1. The van der Waals surface area contributed by atoms with E-state index in [2.05, 4.69) is 10.3 Å². The van der Waals surface area contributed by atoms with Gasteiger partial charge in [-0.15, -0.1) is 11.3 Å². The Labute approximate surface area is 137 Å². The average molecular weight is 332 g/mol. The predicted octanol–water partition coefficient (Wildman–Crippen LogP) is 1.95. The van der Waals surface area contributed by atoms with Crippen LogP contribution in [0.15, 0.2) is 29.1 Å². The summed E-state index contributed by atoms with van der Waals surface area (Å²) in [6, 6.07) is 4.18. The minimum Gasteiger partial charge on any atom is -0.493 e. The Hall–Kier alpha value is -2.41. The van der Waals surface area contributed by atoms with Crippen LogP contribution in [0.4, 0.5) is 0 Å². The number of carboxylic acid groups (broad SMARTS) is 1. The molecule has 120 valence electrons. The zero-order valence-electron chi connectivity index (χ0n) is 12.3. The molecular weight excluding hydrogens is 316 g/mol. The molecule has 1 aromatic heterocycles. The highest BCUT2D eigenvalue weighted by Crippen LogP contribution is 2.28. The maximum Gasteiger partial charge on any atom is 0.330 e. The Balaban J connectivity index is 1.66. The van der Waals surface area contributed by atoms with Crippen molar-refractivity contribution in [2.24, 2.45) is 0 Å². The monoisotopic (exact) mass is 332 g/mol. The lowest BCUT2D eigenvalue weighted by Gasteiger charge is -2.15. The smallest absolute Gasteiger partial charge is 0.330 e. The van der Waals surface area contributed by atoms with Crippen LogP contribution in [-0.2, 0) is 22.4 Å². The van der Waals surface area contributed by atoms with Crippen molar-refractivity contribution in [1.29, 1.82) is 0 Å². The quantitative estimate of drug-likeness (QED) is 0.844. The molecule has 2 N–H and O–H groups in total. The number of aromatic nitrogens is 1. The lowest BCUT2D eigenvalue weighted by molar-refractivity contribution is -0.142. The van der Waals surface area contributed by atoms with Crippen LogP contribution in [0.25, 0.3) is 0 Å². The lowest BCUT2D eigenvalue weighted by Crippen LogP contribution is -2.33. The second-order valence-electron chi connectivity index (χ2n) is 5.28. The molecule has 6 nitrogen and oxygen atoms in total. The van der Waals surface area contributed by atoms with Crippen LogP contribution in [0.5, 0.6) is 5.75 Å². The van der Waals surface area contributed by atoms with Crippen molar-refractivity contribution < 1.29 is 19.4 Å². The van der Waals surface area contributed by atoms with Crippen molar-refractivity contribution in [2.75, 3.05) is 6.61 Å².